The molecule has 0 amide bonds. The third-order valence-corrected chi connectivity index (χ3v) is 3.91. The molecule has 1 aliphatic carbocycles. The lowest BCUT2D eigenvalue weighted by Gasteiger charge is -2.41. The van der Waals surface area contributed by atoms with Crippen LogP contribution in [0.15, 0.2) is 0 Å². The van der Waals surface area contributed by atoms with E-state index in [2.05, 4.69) is 39.9 Å². The molecule has 0 saturated heterocycles. The molecule has 0 aromatic carbocycles. The minimum Gasteiger partial charge on any atom is -0.314 e. The average Bonchev–Trinajstić information content (AvgIpc) is 2.11. The Morgan fingerprint density at radius 3 is 2.47 bits per heavy atom. The van der Waals surface area contributed by atoms with Crippen LogP contribution < -0.4 is 5.32 Å². The molecule has 0 bridgehead atoms. The Morgan fingerprint density at radius 1 is 1.33 bits per heavy atom. The molecule has 0 spiro atoms. The van der Waals surface area contributed by atoms with Gasteiger partial charge in [-0.25, -0.2) is 0 Å². The van der Waals surface area contributed by atoms with Crippen molar-refractivity contribution >= 4 is 0 Å². The minimum absolute atomic E-state index is 0.575. The number of nitrogens with one attached hydrogen (secondary N) is 1. The van der Waals surface area contributed by atoms with E-state index in [0.29, 0.717) is 5.41 Å². The third kappa shape index (κ3) is 3.79. The fourth-order valence-corrected chi connectivity index (χ4v) is 3.25. The molecule has 0 aromatic rings. The van der Waals surface area contributed by atoms with Gasteiger partial charge >= 0.3 is 0 Å². The van der Waals surface area contributed by atoms with Crippen molar-refractivity contribution in [2.24, 2.45) is 17.3 Å². The Bertz CT molecular complexity index is 184. The van der Waals surface area contributed by atoms with Gasteiger partial charge in [0.2, 0.25) is 0 Å². The Morgan fingerprint density at radius 2 is 2.00 bits per heavy atom. The standard InChI is InChI=1S/C14H29N/c1-6-15-13(11(2)3)12-8-7-9-14(4,5)10-12/h11-13,15H,6-10H2,1-5H3. The second-order valence-corrected chi connectivity index (χ2v) is 6.35. The largest absolute Gasteiger partial charge is 0.314 e. The zero-order valence-electron chi connectivity index (χ0n) is 11.3. The smallest absolute Gasteiger partial charge is 0.0118 e. The van der Waals surface area contributed by atoms with Crippen molar-refractivity contribution in [1.29, 1.82) is 0 Å². The zero-order chi connectivity index (χ0) is 11.5. The lowest BCUT2D eigenvalue weighted by atomic mass is 9.68. The van der Waals surface area contributed by atoms with Gasteiger partial charge in [0.15, 0.2) is 0 Å². The summed E-state index contributed by atoms with van der Waals surface area (Å²) in [4.78, 5) is 0. The summed E-state index contributed by atoms with van der Waals surface area (Å²) >= 11 is 0. The van der Waals surface area contributed by atoms with Crippen LogP contribution in [0.3, 0.4) is 0 Å². The predicted octanol–water partition coefficient (Wildman–Crippen LogP) is 3.84. The highest BCUT2D eigenvalue weighted by molar-refractivity contribution is 4.87. The molecule has 0 radical (unpaired) electrons. The second-order valence-electron chi connectivity index (χ2n) is 6.35. The number of hydrogen-bond donors (Lipinski definition) is 1. The maximum Gasteiger partial charge on any atom is 0.0118 e. The van der Waals surface area contributed by atoms with Crippen LogP contribution in [-0.2, 0) is 0 Å². The SMILES string of the molecule is CCNC(C(C)C)C1CCCC(C)(C)C1. The fourth-order valence-electron chi connectivity index (χ4n) is 3.25. The summed E-state index contributed by atoms with van der Waals surface area (Å²) in [6.45, 7) is 12.9. The molecule has 1 nitrogen and oxygen atoms in total. The van der Waals surface area contributed by atoms with Crippen LogP contribution in [-0.4, -0.2) is 12.6 Å². The second kappa shape index (κ2) is 5.34. The van der Waals surface area contributed by atoms with Crippen molar-refractivity contribution in [2.75, 3.05) is 6.54 Å². The van der Waals surface area contributed by atoms with Gasteiger partial charge in [0.25, 0.3) is 0 Å². The molecule has 15 heavy (non-hydrogen) atoms. The molecule has 1 aliphatic rings. The lowest BCUT2D eigenvalue weighted by Crippen LogP contribution is -2.43. The normalized spacial score (nSPS) is 28.0. The first kappa shape index (κ1) is 13.0. The van der Waals surface area contributed by atoms with Crippen LogP contribution in [0.1, 0.15) is 60.3 Å². The molecule has 2 unspecified atom stereocenters. The topological polar surface area (TPSA) is 12.0 Å². The first-order chi connectivity index (χ1) is 6.96. The molecule has 1 N–H and O–H groups in total. The summed E-state index contributed by atoms with van der Waals surface area (Å²) in [7, 11) is 0. The van der Waals surface area contributed by atoms with Crippen molar-refractivity contribution in [3.8, 4) is 0 Å². The monoisotopic (exact) mass is 211 g/mol. The van der Waals surface area contributed by atoms with Gasteiger partial charge in [0.1, 0.15) is 0 Å². The van der Waals surface area contributed by atoms with Gasteiger partial charge in [-0.1, -0.05) is 41.0 Å². The van der Waals surface area contributed by atoms with Gasteiger partial charge in [0, 0.05) is 6.04 Å². The van der Waals surface area contributed by atoms with E-state index in [4.69, 9.17) is 0 Å². The number of rotatable bonds is 4. The Hall–Kier alpha value is -0.0400. The van der Waals surface area contributed by atoms with Crippen LogP contribution in [0.2, 0.25) is 0 Å². The molecular weight excluding hydrogens is 182 g/mol. The van der Waals surface area contributed by atoms with Crippen molar-refractivity contribution in [2.45, 2.75) is 66.3 Å². The van der Waals surface area contributed by atoms with Crippen LogP contribution >= 0.6 is 0 Å². The first-order valence-corrected chi connectivity index (χ1v) is 6.69. The predicted molar refractivity (Wildman–Crippen MR) is 68.0 cm³/mol. The van der Waals surface area contributed by atoms with Gasteiger partial charge in [-0.15, -0.1) is 0 Å². The maximum atomic E-state index is 3.69. The quantitative estimate of drug-likeness (QED) is 0.745. The molecule has 1 rings (SSSR count). The van der Waals surface area contributed by atoms with E-state index < -0.39 is 0 Å². The molecule has 0 heterocycles. The van der Waals surface area contributed by atoms with Crippen molar-refractivity contribution in [3.63, 3.8) is 0 Å². The van der Waals surface area contributed by atoms with Crippen LogP contribution in [0.5, 0.6) is 0 Å². The Labute approximate surface area is 96.0 Å². The van der Waals surface area contributed by atoms with E-state index in [1.54, 1.807) is 0 Å². The zero-order valence-corrected chi connectivity index (χ0v) is 11.3. The summed E-state index contributed by atoms with van der Waals surface area (Å²) in [6, 6.07) is 0.731. The van der Waals surface area contributed by atoms with E-state index >= 15 is 0 Å². The molecule has 1 saturated carbocycles. The summed E-state index contributed by atoms with van der Waals surface area (Å²) in [6.07, 6.45) is 5.68. The van der Waals surface area contributed by atoms with E-state index in [9.17, 15) is 0 Å². The van der Waals surface area contributed by atoms with Crippen LogP contribution in [0.25, 0.3) is 0 Å². The van der Waals surface area contributed by atoms with Crippen LogP contribution in [0, 0.1) is 17.3 Å². The molecular formula is C14H29N. The van der Waals surface area contributed by atoms with Gasteiger partial charge in [0.05, 0.1) is 0 Å². The summed E-state index contributed by atoms with van der Waals surface area (Å²) < 4.78 is 0. The van der Waals surface area contributed by atoms with E-state index in [1.165, 1.54) is 25.7 Å². The molecule has 1 heteroatoms. The van der Waals surface area contributed by atoms with Crippen molar-refractivity contribution < 1.29 is 0 Å². The average molecular weight is 211 g/mol. The fraction of sp³-hybridized carbons (Fsp3) is 1.00. The summed E-state index contributed by atoms with van der Waals surface area (Å²) in [5, 5.41) is 3.69. The summed E-state index contributed by atoms with van der Waals surface area (Å²) in [5.74, 6) is 1.66. The first-order valence-electron chi connectivity index (χ1n) is 6.69. The number of hydrogen-bond acceptors (Lipinski definition) is 1. The third-order valence-electron chi connectivity index (χ3n) is 3.91. The Balaban J connectivity index is 2.59. The van der Waals surface area contributed by atoms with E-state index in [1.807, 2.05) is 0 Å². The van der Waals surface area contributed by atoms with Crippen molar-refractivity contribution in [1.82, 2.24) is 5.32 Å². The molecule has 90 valence electrons. The van der Waals surface area contributed by atoms with E-state index in [-0.39, 0.29) is 0 Å². The molecule has 2 atom stereocenters. The summed E-state index contributed by atoms with van der Waals surface area (Å²) in [5.41, 5.74) is 0.575. The highest BCUT2D eigenvalue weighted by Gasteiger charge is 2.33. The lowest BCUT2D eigenvalue weighted by molar-refractivity contribution is 0.130. The minimum atomic E-state index is 0.575. The Kier molecular flexibility index (Phi) is 4.64. The van der Waals surface area contributed by atoms with Gasteiger partial charge in [-0.05, 0) is 43.1 Å². The van der Waals surface area contributed by atoms with Crippen LogP contribution in [0.4, 0.5) is 0 Å². The van der Waals surface area contributed by atoms with Gasteiger partial charge < -0.3 is 5.32 Å². The van der Waals surface area contributed by atoms with E-state index in [0.717, 1.165) is 24.4 Å². The molecule has 0 aliphatic heterocycles. The van der Waals surface area contributed by atoms with Gasteiger partial charge in [-0.3, -0.25) is 0 Å². The molecule has 0 aromatic heterocycles. The van der Waals surface area contributed by atoms with Crippen molar-refractivity contribution in [3.05, 3.63) is 0 Å². The van der Waals surface area contributed by atoms with Gasteiger partial charge in [-0.2, -0.15) is 0 Å². The highest BCUT2D eigenvalue weighted by Crippen LogP contribution is 2.40. The highest BCUT2D eigenvalue weighted by atomic mass is 14.9. The maximum absolute atomic E-state index is 3.69. The molecule has 1 fully saturated rings.